The second kappa shape index (κ2) is 8.97. The molecule has 0 saturated heterocycles. The molecule has 0 saturated carbocycles. The Kier molecular flexibility index (Phi) is 6.61. The van der Waals surface area contributed by atoms with Gasteiger partial charge < -0.3 is 15.7 Å². The number of aliphatic hydroxyl groups excluding tert-OH is 1. The zero-order valence-electron chi connectivity index (χ0n) is 12.5. The molecule has 4 heteroatoms. The monoisotopic (exact) mass is 298 g/mol. The first-order chi connectivity index (χ1) is 10.8. The number of aliphatic hydroxyl groups is 1. The Morgan fingerprint density at radius 3 is 2.27 bits per heavy atom. The van der Waals surface area contributed by atoms with Crippen LogP contribution in [0.2, 0.25) is 0 Å². The van der Waals surface area contributed by atoms with Crippen LogP contribution in [0.15, 0.2) is 60.7 Å². The molecule has 1 amide bonds. The van der Waals surface area contributed by atoms with Crippen molar-refractivity contribution >= 4 is 5.91 Å². The van der Waals surface area contributed by atoms with Gasteiger partial charge in [0.25, 0.3) is 0 Å². The van der Waals surface area contributed by atoms with Crippen molar-refractivity contribution in [2.75, 3.05) is 19.6 Å². The Bertz CT molecular complexity index is 558. The summed E-state index contributed by atoms with van der Waals surface area (Å²) < 4.78 is 0. The molecule has 22 heavy (non-hydrogen) atoms. The lowest BCUT2D eigenvalue weighted by Gasteiger charge is -2.12. The summed E-state index contributed by atoms with van der Waals surface area (Å²) in [4.78, 5) is 11.7. The van der Waals surface area contributed by atoms with Crippen LogP contribution < -0.4 is 10.6 Å². The van der Waals surface area contributed by atoms with Crippen molar-refractivity contribution in [1.29, 1.82) is 0 Å². The second-order valence-corrected chi connectivity index (χ2v) is 5.14. The van der Waals surface area contributed by atoms with E-state index in [0.29, 0.717) is 26.1 Å². The second-order valence-electron chi connectivity index (χ2n) is 5.14. The average molecular weight is 298 g/mol. The van der Waals surface area contributed by atoms with Gasteiger partial charge in [0, 0.05) is 19.6 Å². The number of benzene rings is 2. The van der Waals surface area contributed by atoms with Crippen LogP contribution in [0.3, 0.4) is 0 Å². The van der Waals surface area contributed by atoms with Crippen LogP contribution in [0.4, 0.5) is 0 Å². The molecule has 0 aliphatic rings. The molecule has 0 fully saturated rings. The van der Waals surface area contributed by atoms with Crippen molar-refractivity contribution in [3.05, 3.63) is 71.8 Å². The molecule has 0 radical (unpaired) electrons. The van der Waals surface area contributed by atoms with E-state index < -0.39 is 6.10 Å². The number of hydrogen-bond donors (Lipinski definition) is 3. The van der Waals surface area contributed by atoms with E-state index in [2.05, 4.69) is 10.6 Å². The maximum absolute atomic E-state index is 11.7. The third-order valence-corrected chi connectivity index (χ3v) is 3.35. The molecule has 0 bridgehead atoms. The van der Waals surface area contributed by atoms with Crippen LogP contribution in [0.25, 0.3) is 0 Å². The Labute approximate surface area is 131 Å². The Morgan fingerprint density at radius 1 is 0.955 bits per heavy atom. The zero-order chi connectivity index (χ0) is 15.6. The number of amides is 1. The SMILES string of the molecule is O=C(Cc1ccccc1)NCCNC[C@@H](O)c1ccccc1. The Balaban J connectivity index is 1.58. The lowest BCUT2D eigenvalue weighted by atomic mass is 10.1. The van der Waals surface area contributed by atoms with Crippen LogP contribution >= 0.6 is 0 Å². The molecule has 1 atom stereocenters. The lowest BCUT2D eigenvalue weighted by molar-refractivity contribution is -0.120. The fourth-order valence-electron chi connectivity index (χ4n) is 2.17. The van der Waals surface area contributed by atoms with E-state index in [1.807, 2.05) is 60.7 Å². The van der Waals surface area contributed by atoms with Gasteiger partial charge in [-0.1, -0.05) is 60.7 Å². The van der Waals surface area contributed by atoms with E-state index in [1.165, 1.54) is 0 Å². The minimum absolute atomic E-state index is 0.0107. The summed E-state index contributed by atoms with van der Waals surface area (Å²) in [7, 11) is 0. The highest BCUT2D eigenvalue weighted by Crippen LogP contribution is 2.10. The fraction of sp³-hybridized carbons (Fsp3) is 0.278. The normalized spacial score (nSPS) is 11.9. The number of carbonyl (C=O) groups excluding carboxylic acids is 1. The molecule has 3 N–H and O–H groups in total. The highest BCUT2D eigenvalue weighted by Gasteiger charge is 2.06. The van der Waals surface area contributed by atoms with Crippen molar-refractivity contribution in [2.24, 2.45) is 0 Å². The van der Waals surface area contributed by atoms with Gasteiger partial charge in [-0.3, -0.25) is 4.79 Å². The van der Waals surface area contributed by atoms with E-state index in [0.717, 1.165) is 11.1 Å². The van der Waals surface area contributed by atoms with Gasteiger partial charge in [0.1, 0.15) is 0 Å². The minimum atomic E-state index is -0.527. The van der Waals surface area contributed by atoms with Gasteiger partial charge in [-0.2, -0.15) is 0 Å². The Hall–Kier alpha value is -2.17. The molecule has 2 rings (SSSR count). The van der Waals surface area contributed by atoms with Gasteiger partial charge in [-0.15, -0.1) is 0 Å². The van der Waals surface area contributed by atoms with Gasteiger partial charge in [0.2, 0.25) is 5.91 Å². The minimum Gasteiger partial charge on any atom is -0.387 e. The summed E-state index contributed by atoms with van der Waals surface area (Å²) in [6.45, 7) is 1.65. The first kappa shape index (κ1) is 16.2. The third kappa shape index (κ3) is 5.68. The maximum atomic E-state index is 11.7. The van der Waals surface area contributed by atoms with Gasteiger partial charge >= 0.3 is 0 Å². The molecule has 2 aromatic rings. The van der Waals surface area contributed by atoms with Crippen molar-refractivity contribution in [1.82, 2.24) is 10.6 Å². The van der Waals surface area contributed by atoms with Crippen molar-refractivity contribution in [3.63, 3.8) is 0 Å². The van der Waals surface area contributed by atoms with Gasteiger partial charge in [0.05, 0.1) is 12.5 Å². The Morgan fingerprint density at radius 2 is 1.59 bits per heavy atom. The molecular formula is C18H22N2O2. The molecule has 2 aromatic carbocycles. The van der Waals surface area contributed by atoms with Gasteiger partial charge in [-0.25, -0.2) is 0 Å². The predicted octanol–water partition coefficient (Wildman–Crippen LogP) is 1.67. The molecule has 0 unspecified atom stereocenters. The van der Waals surface area contributed by atoms with E-state index in [1.54, 1.807) is 0 Å². The van der Waals surface area contributed by atoms with E-state index in [4.69, 9.17) is 0 Å². The average Bonchev–Trinajstić information content (AvgIpc) is 2.56. The summed E-state index contributed by atoms with van der Waals surface area (Å²) in [6.07, 6.45) is -0.130. The van der Waals surface area contributed by atoms with Crippen LogP contribution in [-0.4, -0.2) is 30.6 Å². The van der Waals surface area contributed by atoms with Crippen molar-refractivity contribution < 1.29 is 9.90 Å². The summed E-state index contributed by atoms with van der Waals surface area (Å²) in [5, 5.41) is 16.0. The van der Waals surface area contributed by atoms with Crippen LogP contribution in [0.5, 0.6) is 0 Å². The van der Waals surface area contributed by atoms with Gasteiger partial charge in [0.15, 0.2) is 0 Å². The summed E-state index contributed by atoms with van der Waals surface area (Å²) in [5.74, 6) is 0.0107. The maximum Gasteiger partial charge on any atom is 0.224 e. The topological polar surface area (TPSA) is 61.4 Å². The molecule has 0 aliphatic carbocycles. The van der Waals surface area contributed by atoms with Crippen LogP contribution in [0.1, 0.15) is 17.2 Å². The van der Waals surface area contributed by atoms with E-state index >= 15 is 0 Å². The highest BCUT2D eigenvalue weighted by atomic mass is 16.3. The molecule has 4 nitrogen and oxygen atoms in total. The summed E-state index contributed by atoms with van der Waals surface area (Å²) in [5.41, 5.74) is 1.90. The third-order valence-electron chi connectivity index (χ3n) is 3.35. The van der Waals surface area contributed by atoms with Crippen molar-refractivity contribution in [2.45, 2.75) is 12.5 Å². The largest absolute Gasteiger partial charge is 0.387 e. The quantitative estimate of drug-likeness (QED) is 0.650. The summed E-state index contributed by atoms with van der Waals surface area (Å²) in [6, 6.07) is 19.2. The first-order valence-electron chi connectivity index (χ1n) is 7.50. The molecule has 0 aliphatic heterocycles. The molecular weight excluding hydrogens is 276 g/mol. The number of nitrogens with one attached hydrogen (secondary N) is 2. The fourth-order valence-corrected chi connectivity index (χ4v) is 2.17. The van der Waals surface area contributed by atoms with E-state index in [-0.39, 0.29) is 5.91 Å². The highest BCUT2D eigenvalue weighted by molar-refractivity contribution is 5.78. The van der Waals surface area contributed by atoms with Gasteiger partial charge in [-0.05, 0) is 11.1 Å². The zero-order valence-corrected chi connectivity index (χ0v) is 12.5. The number of rotatable bonds is 8. The van der Waals surface area contributed by atoms with Crippen LogP contribution in [-0.2, 0) is 11.2 Å². The van der Waals surface area contributed by atoms with Crippen LogP contribution in [0, 0.1) is 0 Å². The number of hydrogen-bond acceptors (Lipinski definition) is 3. The summed E-state index contributed by atoms with van der Waals surface area (Å²) >= 11 is 0. The molecule has 0 aromatic heterocycles. The smallest absolute Gasteiger partial charge is 0.224 e. The lowest BCUT2D eigenvalue weighted by Crippen LogP contribution is -2.34. The standard InChI is InChI=1S/C18H22N2O2/c21-17(16-9-5-2-6-10-16)14-19-11-12-20-18(22)13-15-7-3-1-4-8-15/h1-10,17,19,21H,11-14H2,(H,20,22)/t17-/m1/s1. The first-order valence-corrected chi connectivity index (χ1v) is 7.50. The molecule has 116 valence electrons. The van der Waals surface area contributed by atoms with Crippen molar-refractivity contribution in [3.8, 4) is 0 Å². The number of carbonyl (C=O) groups is 1. The molecule has 0 spiro atoms. The van der Waals surface area contributed by atoms with E-state index in [9.17, 15) is 9.90 Å². The predicted molar refractivity (Wildman–Crippen MR) is 87.4 cm³/mol. The molecule has 0 heterocycles.